The molecule has 1 rings (SSSR count). The van der Waals surface area contributed by atoms with Crippen LogP contribution in [0, 0.1) is 0 Å². The summed E-state index contributed by atoms with van der Waals surface area (Å²) in [6.45, 7) is 0.566. The Morgan fingerprint density at radius 1 is 1.37 bits per heavy atom. The van der Waals surface area contributed by atoms with Crippen LogP contribution < -0.4 is 4.89 Å². The van der Waals surface area contributed by atoms with Gasteiger partial charge in [0.05, 0.1) is 12.7 Å². The second-order valence-electron chi connectivity index (χ2n) is 3.89. The van der Waals surface area contributed by atoms with E-state index in [0.717, 1.165) is 0 Å². The molecular weight excluding hydrogens is 301 g/mol. The van der Waals surface area contributed by atoms with Crippen LogP contribution in [0.1, 0.15) is 6.92 Å². The number of aliphatic hydroxyl groups excluding tert-OH is 2. The largest absolute Gasteiger partial charge is 0.778 e. The molecule has 12 heteroatoms. The van der Waals surface area contributed by atoms with Crippen LogP contribution in [-0.4, -0.2) is 60.0 Å². The van der Waals surface area contributed by atoms with Crippen molar-refractivity contribution in [1.29, 1.82) is 0 Å². The average Bonchev–Trinajstić information content (AvgIpc) is 2.53. The van der Waals surface area contributed by atoms with Gasteiger partial charge in [0, 0.05) is 12.2 Å². The molecule has 0 bridgehead atoms. The second-order valence-corrected chi connectivity index (χ2v) is 7.60. The molecule has 6 unspecified atom stereocenters. The molecule has 1 saturated heterocycles. The van der Waals surface area contributed by atoms with E-state index < -0.39 is 52.5 Å². The Morgan fingerprint density at radius 3 is 2.37 bits per heavy atom. The Kier molecular flexibility index (Phi) is 5.78. The lowest BCUT2D eigenvalue weighted by Gasteiger charge is -2.24. The number of aliphatic hydroxyl groups is 2. The maximum Gasteiger partial charge on any atom is 0.477 e. The minimum absolute atomic E-state index is 0.479. The van der Waals surface area contributed by atoms with Crippen LogP contribution >= 0.6 is 15.4 Å². The third kappa shape index (κ3) is 4.93. The number of ether oxygens (including phenoxy) is 1. The number of phosphoric ester groups is 1. The van der Waals surface area contributed by atoms with Gasteiger partial charge in [-0.3, -0.25) is 4.52 Å². The summed E-state index contributed by atoms with van der Waals surface area (Å²) in [6, 6.07) is -1.16. The zero-order valence-electron chi connectivity index (χ0n) is 9.99. The number of hydrogen-bond donors (Lipinski definition) is 3. The fourth-order valence-electron chi connectivity index (χ4n) is 1.32. The van der Waals surface area contributed by atoms with Gasteiger partial charge < -0.3 is 29.3 Å². The fourth-order valence-corrected chi connectivity index (χ4v) is 3.56. The van der Waals surface area contributed by atoms with Gasteiger partial charge >= 0.3 is 7.82 Å². The van der Waals surface area contributed by atoms with E-state index in [1.54, 1.807) is 0 Å². The van der Waals surface area contributed by atoms with Gasteiger partial charge in [-0.15, -0.1) is 0 Å². The zero-order valence-corrected chi connectivity index (χ0v) is 11.8. The maximum atomic E-state index is 11.3. The van der Waals surface area contributed by atoms with Crippen LogP contribution in [0.3, 0.4) is 0 Å². The highest BCUT2D eigenvalue weighted by Gasteiger charge is 2.41. The van der Waals surface area contributed by atoms with Crippen molar-refractivity contribution in [2.24, 2.45) is 0 Å². The average molecular weight is 315 g/mol. The molecule has 0 amide bonds. The molecule has 0 saturated carbocycles. The molecule has 1 fully saturated rings. The van der Waals surface area contributed by atoms with Gasteiger partial charge in [-0.2, -0.15) is 0 Å². The Hall–Kier alpha value is 0.245. The van der Waals surface area contributed by atoms with Crippen LogP contribution in [0.2, 0.25) is 0 Å². The molecule has 1 heterocycles. The molecule has 1 aliphatic heterocycles. The van der Waals surface area contributed by atoms with E-state index in [1.807, 2.05) is 0 Å². The predicted molar refractivity (Wildman–Crippen MR) is 61.4 cm³/mol. The van der Waals surface area contributed by atoms with Crippen LogP contribution in [0.25, 0.3) is 0 Å². The molecule has 0 aromatic rings. The molecule has 3 N–H and O–H groups in total. The van der Waals surface area contributed by atoms with Gasteiger partial charge in [-0.1, -0.05) is 6.92 Å². The van der Waals surface area contributed by atoms with Crippen molar-refractivity contribution in [2.45, 2.75) is 31.2 Å². The Morgan fingerprint density at radius 2 is 1.95 bits per heavy atom. The summed E-state index contributed by atoms with van der Waals surface area (Å²) < 4.78 is 35.6. The zero-order chi connectivity index (χ0) is 14.8. The van der Waals surface area contributed by atoms with E-state index in [-0.39, 0.29) is 0 Å². The molecule has 1 aliphatic rings. The third-order valence-electron chi connectivity index (χ3n) is 2.42. The highest BCUT2D eigenvalue weighted by Crippen LogP contribution is 2.57. The Bertz CT molecular complexity index is 404. The molecule has 9 nitrogen and oxygen atoms in total. The fraction of sp³-hybridized carbons (Fsp3) is 1.00. The molecule has 6 atom stereocenters. The van der Waals surface area contributed by atoms with E-state index in [4.69, 9.17) is 17.5 Å². The third-order valence-corrected chi connectivity index (χ3v) is 5.49. The quantitative estimate of drug-likeness (QED) is 0.386. The standard InChI is InChI=1S/C7H15BO9P2/c1-2-18(11,12)17-19(13,14)15-3-4-5(9)6(10)7(8)16-4/h4-7,9-10H,2-3H2,1H3,(H,11,12)(H,13,14)/p-1. The van der Waals surface area contributed by atoms with Crippen LogP contribution in [0.4, 0.5) is 0 Å². The lowest BCUT2D eigenvalue weighted by molar-refractivity contribution is -0.191. The second kappa shape index (κ2) is 6.34. The summed E-state index contributed by atoms with van der Waals surface area (Å²) in [4.78, 5) is 20.2. The topological polar surface area (TPSA) is 146 Å². The molecule has 0 aromatic heterocycles. The van der Waals surface area contributed by atoms with Crippen molar-refractivity contribution in [3.05, 3.63) is 0 Å². The van der Waals surface area contributed by atoms with Crippen molar-refractivity contribution in [1.82, 2.24) is 0 Å². The first kappa shape index (κ1) is 17.3. The van der Waals surface area contributed by atoms with Crippen molar-refractivity contribution in [2.75, 3.05) is 12.8 Å². The van der Waals surface area contributed by atoms with Gasteiger partial charge in [0.25, 0.3) is 0 Å². The van der Waals surface area contributed by atoms with Gasteiger partial charge in [0.15, 0.2) is 0 Å². The van der Waals surface area contributed by atoms with Gasteiger partial charge in [-0.25, -0.2) is 8.88 Å². The van der Waals surface area contributed by atoms with Crippen LogP contribution in [-0.2, 0) is 22.7 Å². The summed E-state index contributed by atoms with van der Waals surface area (Å²) in [5, 5.41) is 18.7. The lowest BCUT2D eigenvalue weighted by Crippen LogP contribution is -2.34. The van der Waals surface area contributed by atoms with E-state index in [2.05, 4.69) is 8.83 Å². The van der Waals surface area contributed by atoms with Gasteiger partial charge in [0.1, 0.15) is 27.6 Å². The summed E-state index contributed by atoms with van der Waals surface area (Å²) >= 11 is 0. The van der Waals surface area contributed by atoms with Crippen molar-refractivity contribution in [3.63, 3.8) is 0 Å². The SMILES string of the molecule is [B]C1OC(COP(=O)(O)OP(=O)([O-])CC)C(O)C1O. The first-order valence-electron chi connectivity index (χ1n) is 5.34. The van der Waals surface area contributed by atoms with Gasteiger partial charge in [-0.05, 0) is 0 Å². The van der Waals surface area contributed by atoms with Crippen LogP contribution in [0.15, 0.2) is 0 Å². The number of rotatable bonds is 6. The van der Waals surface area contributed by atoms with E-state index in [1.165, 1.54) is 6.92 Å². The molecule has 0 spiro atoms. The normalized spacial score (nSPS) is 37.7. The molecule has 110 valence electrons. The van der Waals surface area contributed by atoms with E-state index >= 15 is 0 Å². The summed E-state index contributed by atoms with van der Waals surface area (Å²) in [6.07, 6.45) is -4.43. The van der Waals surface area contributed by atoms with Crippen molar-refractivity contribution >= 4 is 23.3 Å². The van der Waals surface area contributed by atoms with Crippen molar-refractivity contribution in [3.8, 4) is 0 Å². The smallest absolute Gasteiger partial charge is 0.477 e. The predicted octanol–water partition coefficient (Wildman–Crippen LogP) is -1.69. The first-order valence-corrected chi connectivity index (χ1v) is 8.56. The van der Waals surface area contributed by atoms with Gasteiger partial charge in [0.2, 0.25) is 0 Å². The monoisotopic (exact) mass is 315 g/mol. The van der Waals surface area contributed by atoms with Crippen molar-refractivity contribution < 1.29 is 42.7 Å². The minimum Gasteiger partial charge on any atom is -0.778 e. The molecule has 0 aliphatic carbocycles. The highest BCUT2D eigenvalue weighted by molar-refractivity contribution is 7.63. The summed E-state index contributed by atoms with van der Waals surface area (Å²) in [5.74, 6) is 0. The molecular formula is C7H14BO9P2-. The first-order chi connectivity index (χ1) is 8.58. The Labute approximate surface area is 111 Å². The lowest BCUT2D eigenvalue weighted by atomic mass is 9.93. The summed E-state index contributed by atoms with van der Waals surface area (Å²) in [5.41, 5.74) is 0. The minimum atomic E-state index is -4.84. The van der Waals surface area contributed by atoms with Crippen LogP contribution in [0.5, 0.6) is 0 Å². The molecule has 2 radical (unpaired) electrons. The van der Waals surface area contributed by atoms with E-state index in [0.29, 0.717) is 0 Å². The Balaban J connectivity index is 2.53. The summed E-state index contributed by atoms with van der Waals surface area (Å²) in [7, 11) is -4.02. The number of phosphoric acid groups is 1. The number of hydrogen-bond acceptors (Lipinski definition) is 8. The molecule has 0 aromatic carbocycles. The van der Waals surface area contributed by atoms with E-state index in [9.17, 15) is 24.2 Å². The molecule has 19 heavy (non-hydrogen) atoms. The highest BCUT2D eigenvalue weighted by atomic mass is 31.3. The maximum absolute atomic E-state index is 11.3.